The van der Waals surface area contributed by atoms with Gasteiger partial charge in [-0.15, -0.1) is 0 Å². The van der Waals surface area contributed by atoms with E-state index in [-0.39, 0.29) is 23.4 Å². The highest BCUT2D eigenvalue weighted by atomic mass is 19.4. The molecule has 0 atom stereocenters. The maximum absolute atomic E-state index is 12.9. The number of carbonyl (C=O) groups is 2. The zero-order valence-corrected chi connectivity index (χ0v) is 26.5. The van der Waals surface area contributed by atoms with Crippen LogP contribution in [0.1, 0.15) is 134 Å². The number of amides is 1. The maximum atomic E-state index is 12.9. The fourth-order valence-electron chi connectivity index (χ4n) is 4.50. The number of nitrogens with one attached hydrogen (secondary N) is 1. The summed E-state index contributed by atoms with van der Waals surface area (Å²) in [4.78, 5) is 29.0. The number of rotatable bonds is 18. The molecular formula is C33H48F3N4O4+. The minimum Gasteiger partial charge on any atom is -0.489 e. The van der Waals surface area contributed by atoms with E-state index < -0.39 is 35.2 Å². The molecule has 0 aliphatic rings. The molecule has 0 bridgehead atoms. The predicted octanol–water partition coefficient (Wildman–Crippen LogP) is 7.95. The minimum atomic E-state index is -4.63. The molecule has 1 amide bonds. The molecule has 8 nitrogen and oxygen atoms in total. The average Bonchev–Trinajstić information content (AvgIpc) is 2.93. The Morgan fingerprint density at radius 3 is 2.07 bits per heavy atom. The maximum Gasteiger partial charge on any atom is 0.433 e. The number of nitrogens with zero attached hydrogens (tertiary/aromatic N) is 3. The summed E-state index contributed by atoms with van der Waals surface area (Å²) in [5, 5.41) is 17.2. The SMILES string of the molecule is CCCCCCCC/C=C\CCCCCCCC(=O)Oc1c[n+](-c2ccc(C(F)(F)F)nc2)nc(O)c1C(=O)NC(C)(C)C. The molecule has 0 saturated heterocycles. The van der Waals surface area contributed by atoms with Gasteiger partial charge in [-0.3, -0.25) is 9.59 Å². The van der Waals surface area contributed by atoms with Crippen LogP contribution in [0.2, 0.25) is 0 Å². The lowest BCUT2D eigenvalue weighted by molar-refractivity contribution is -0.661. The van der Waals surface area contributed by atoms with Crippen molar-refractivity contribution in [2.45, 2.75) is 129 Å². The van der Waals surface area contributed by atoms with E-state index in [0.29, 0.717) is 6.42 Å². The number of allylic oxidation sites excluding steroid dienone is 2. The van der Waals surface area contributed by atoms with Crippen LogP contribution in [0.3, 0.4) is 0 Å². The van der Waals surface area contributed by atoms with Crippen LogP contribution in [0, 0.1) is 0 Å². The lowest BCUT2D eigenvalue weighted by Gasteiger charge is -2.21. The molecule has 11 heteroatoms. The Hall–Kier alpha value is -3.50. The first kappa shape index (κ1) is 36.7. The number of ether oxygens (including phenoxy) is 1. The first-order chi connectivity index (χ1) is 20.8. The van der Waals surface area contributed by atoms with Crippen LogP contribution in [0.5, 0.6) is 11.6 Å². The highest BCUT2D eigenvalue weighted by Crippen LogP contribution is 2.28. The summed E-state index contributed by atoms with van der Waals surface area (Å²) in [6, 6.07) is 1.87. The van der Waals surface area contributed by atoms with Crippen LogP contribution in [-0.4, -0.2) is 32.6 Å². The summed E-state index contributed by atoms with van der Waals surface area (Å²) >= 11 is 0. The molecule has 0 fully saturated rings. The van der Waals surface area contributed by atoms with Gasteiger partial charge >= 0.3 is 12.1 Å². The predicted molar refractivity (Wildman–Crippen MR) is 163 cm³/mol. The lowest BCUT2D eigenvalue weighted by atomic mass is 10.1. The van der Waals surface area contributed by atoms with Crippen LogP contribution in [0.4, 0.5) is 13.2 Å². The molecule has 2 N–H and O–H groups in total. The number of pyridine rings is 1. The third kappa shape index (κ3) is 13.9. The van der Waals surface area contributed by atoms with Gasteiger partial charge in [-0.2, -0.15) is 13.2 Å². The lowest BCUT2D eigenvalue weighted by Crippen LogP contribution is -2.42. The summed E-state index contributed by atoms with van der Waals surface area (Å²) in [7, 11) is 0. The second kappa shape index (κ2) is 18.3. The van der Waals surface area contributed by atoms with Gasteiger partial charge in [0, 0.05) is 23.1 Å². The van der Waals surface area contributed by atoms with Gasteiger partial charge in [0.25, 0.3) is 17.5 Å². The number of esters is 1. The minimum absolute atomic E-state index is 0.0608. The molecule has 0 aliphatic heterocycles. The average molecular weight is 622 g/mol. The fourth-order valence-corrected chi connectivity index (χ4v) is 4.50. The van der Waals surface area contributed by atoms with Gasteiger partial charge in [-0.05, 0) is 63.6 Å². The van der Waals surface area contributed by atoms with Crippen LogP contribution in [0.25, 0.3) is 5.69 Å². The van der Waals surface area contributed by atoms with Crippen molar-refractivity contribution in [1.29, 1.82) is 0 Å². The quantitative estimate of drug-likeness (QED) is 0.0758. The zero-order chi connectivity index (χ0) is 32.6. The Morgan fingerprint density at radius 1 is 0.932 bits per heavy atom. The van der Waals surface area contributed by atoms with Gasteiger partial charge in [0.15, 0.2) is 5.56 Å². The number of aromatic nitrogens is 3. The van der Waals surface area contributed by atoms with Gasteiger partial charge in [0.05, 0.1) is 0 Å². The van der Waals surface area contributed by atoms with Crippen molar-refractivity contribution in [2.24, 2.45) is 0 Å². The van der Waals surface area contributed by atoms with Gasteiger partial charge in [-0.1, -0.05) is 70.4 Å². The van der Waals surface area contributed by atoms with E-state index in [1.807, 2.05) is 0 Å². The molecule has 0 saturated carbocycles. The first-order valence-electron chi connectivity index (χ1n) is 15.7. The van der Waals surface area contributed by atoms with Crippen LogP contribution in [0.15, 0.2) is 36.7 Å². The van der Waals surface area contributed by atoms with Crippen LogP contribution >= 0.6 is 0 Å². The van der Waals surface area contributed by atoms with E-state index in [1.165, 1.54) is 44.7 Å². The molecule has 244 valence electrons. The van der Waals surface area contributed by atoms with Crippen LogP contribution in [-0.2, 0) is 11.0 Å². The largest absolute Gasteiger partial charge is 0.489 e. The Labute approximate surface area is 259 Å². The number of alkyl halides is 3. The van der Waals surface area contributed by atoms with Gasteiger partial charge in [0.1, 0.15) is 11.9 Å². The molecule has 44 heavy (non-hydrogen) atoms. The molecule has 2 aromatic rings. The molecule has 2 aromatic heterocycles. The number of aromatic hydroxyl groups is 1. The summed E-state index contributed by atoms with van der Waals surface area (Å²) < 4.78 is 45.3. The van der Waals surface area contributed by atoms with Crippen molar-refractivity contribution in [3.05, 3.63) is 47.9 Å². The summed E-state index contributed by atoms with van der Waals surface area (Å²) in [5.41, 5.74) is -2.06. The third-order valence-corrected chi connectivity index (χ3v) is 6.80. The van der Waals surface area contributed by atoms with Gasteiger partial charge in [-0.25, -0.2) is 4.98 Å². The monoisotopic (exact) mass is 621 g/mol. The Balaban J connectivity index is 1.91. The highest BCUT2D eigenvalue weighted by Gasteiger charge is 2.34. The second-order valence-corrected chi connectivity index (χ2v) is 12.0. The number of halogens is 3. The number of carbonyl (C=O) groups excluding carboxylic acids is 2. The van der Waals surface area contributed by atoms with Crippen molar-refractivity contribution in [3.63, 3.8) is 0 Å². The highest BCUT2D eigenvalue weighted by molar-refractivity contribution is 5.99. The topological polar surface area (TPSA) is 105 Å². The molecule has 2 rings (SSSR count). The Kier molecular flexibility index (Phi) is 15.3. The van der Waals surface area contributed by atoms with Crippen molar-refractivity contribution in [3.8, 4) is 17.3 Å². The van der Waals surface area contributed by atoms with E-state index in [2.05, 4.69) is 34.5 Å². The molecular weight excluding hydrogens is 573 g/mol. The molecule has 0 aromatic carbocycles. The van der Waals surface area contributed by atoms with Crippen molar-refractivity contribution in [1.82, 2.24) is 15.4 Å². The fraction of sp³-hybridized carbons (Fsp3) is 0.606. The van der Waals surface area contributed by atoms with E-state index in [4.69, 9.17) is 4.74 Å². The van der Waals surface area contributed by atoms with Crippen molar-refractivity contribution >= 4 is 11.9 Å². The van der Waals surface area contributed by atoms with Crippen molar-refractivity contribution in [2.75, 3.05) is 0 Å². The van der Waals surface area contributed by atoms with Gasteiger partial charge < -0.3 is 15.2 Å². The Morgan fingerprint density at radius 2 is 1.52 bits per heavy atom. The second-order valence-electron chi connectivity index (χ2n) is 12.0. The number of unbranched alkanes of at least 4 members (excludes halogenated alkanes) is 11. The normalized spacial score (nSPS) is 12.1. The molecule has 2 heterocycles. The molecule has 0 aliphatic carbocycles. The van der Waals surface area contributed by atoms with E-state index >= 15 is 0 Å². The van der Waals surface area contributed by atoms with E-state index in [1.54, 1.807) is 20.8 Å². The number of hydrogen-bond acceptors (Lipinski definition) is 6. The zero-order valence-electron chi connectivity index (χ0n) is 26.5. The van der Waals surface area contributed by atoms with E-state index in [0.717, 1.165) is 61.5 Å². The van der Waals surface area contributed by atoms with E-state index in [9.17, 15) is 27.9 Å². The third-order valence-electron chi connectivity index (χ3n) is 6.80. The summed E-state index contributed by atoms with van der Waals surface area (Å²) in [6.07, 6.45) is 16.7. The van der Waals surface area contributed by atoms with Gasteiger partial charge in [0.2, 0.25) is 11.9 Å². The molecule has 0 radical (unpaired) electrons. The molecule has 0 unspecified atom stereocenters. The van der Waals surface area contributed by atoms with Crippen molar-refractivity contribution < 1.29 is 37.3 Å². The summed E-state index contributed by atoms with van der Waals surface area (Å²) in [6.45, 7) is 7.45. The standard InChI is InChI=1S/C33H47F3N4O4/c1-5-6-7-8-9-10-11-12-13-14-15-16-17-18-19-20-28(41)44-26-24-40(25-21-22-27(37-23-25)33(34,35)36)39-31(43)29(26)30(42)38-32(2,3)4/h12-13,21-24H,5-11,14-20H2,1-4H3,(H-,38,39,42,43)/p+1/b13-12-. The Bertz CT molecular complexity index is 1210. The van der Waals surface area contributed by atoms with Crippen LogP contribution < -0.4 is 14.7 Å². The smallest absolute Gasteiger partial charge is 0.433 e. The first-order valence-corrected chi connectivity index (χ1v) is 15.7. The molecule has 0 spiro atoms. The summed E-state index contributed by atoms with van der Waals surface area (Å²) in [5.74, 6) is -2.34. The number of hydrogen-bond donors (Lipinski definition) is 2.